The number of ether oxygens (including phenoxy) is 1. The summed E-state index contributed by atoms with van der Waals surface area (Å²) >= 11 is 0. The highest BCUT2D eigenvalue weighted by molar-refractivity contribution is 5.97. The third-order valence-corrected chi connectivity index (χ3v) is 5.16. The summed E-state index contributed by atoms with van der Waals surface area (Å²) in [6.45, 7) is 4.30. The van der Waals surface area contributed by atoms with Gasteiger partial charge in [0.25, 0.3) is 5.91 Å². The zero-order valence-electron chi connectivity index (χ0n) is 16.1. The molecule has 27 heavy (non-hydrogen) atoms. The van der Waals surface area contributed by atoms with Crippen molar-refractivity contribution < 1.29 is 19.2 Å². The van der Waals surface area contributed by atoms with E-state index in [1.165, 1.54) is 17.4 Å². The van der Waals surface area contributed by atoms with Crippen molar-refractivity contribution in [2.75, 3.05) is 12.4 Å². The number of nitrogens with one attached hydrogen (secondary N) is 2. The van der Waals surface area contributed by atoms with E-state index in [2.05, 4.69) is 17.4 Å². The second-order valence-electron chi connectivity index (χ2n) is 7.22. The zero-order chi connectivity index (χ0) is 19.4. The first kappa shape index (κ1) is 19.1. The molecular weight excluding hydrogens is 340 g/mol. The molecule has 0 radical (unpaired) electrons. The van der Waals surface area contributed by atoms with Crippen LogP contribution in [0.4, 0.5) is 5.69 Å². The third-order valence-electron chi connectivity index (χ3n) is 5.16. The van der Waals surface area contributed by atoms with E-state index in [1.807, 2.05) is 25.1 Å². The first-order chi connectivity index (χ1) is 13.0. The number of methoxy groups -OCH3 is 1. The number of rotatable bonds is 8. The number of hydrogen-bond acceptors (Lipinski definition) is 3. The van der Waals surface area contributed by atoms with Gasteiger partial charge in [0.15, 0.2) is 11.8 Å². The summed E-state index contributed by atoms with van der Waals surface area (Å²) < 4.78 is 5.22. The fourth-order valence-corrected chi connectivity index (χ4v) is 3.32. The molecule has 1 aliphatic carbocycles. The number of hydrogen-bond donors (Lipinski definition) is 2. The van der Waals surface area contributed by atoms with E-state index in [1.54, 1.807) is 25.3 Å². The van der Waals surface area contributed by atoms with Crippen LogP contribution in [0.5, 0.6) is 5.75 Å². The highest BCUT2D eigenvalue weighted by Gasteiger charge is 2.39. The number of quaternary nitrogens is 1. The number of ketones is 1. The van der Waals surface area contributed by atoms with Crippen LogP contribution in [0.15, 0.2) is 48.5 Å². The SMILES string of the molecule is COc1ccc(C[NH+](C2CC2)[C@H](C)C(=O)Nc2cccc(C(C)=O)c2)cc1. The molecule has 2 aromatic rings. The van der Waals surface area contributed by atoms with Crippen LogP contribution in [-0.2, 0) is 11.3 Å². The molecule has 2 atom stereocenters. The average molecular weight is 367 g/mol. The van der Waals surface area contributed by atoms with Crippen molar-refractivity contribution in [3.05, 3.63) is 59.7 Å². The summed E-state index contributed by atoms with van der Waals surface area (Å²) in [5.74, 6) is 0.804. The van der Waals surface area contributed by atoms with Crippen molar-refractivity contribution in [1.29, 1.82) is 0 Å². The van der Waals surface area contributed by atoms with Gasteiger partial charge in [-0.15, -0.1) is 0 Å². The van der Waals surface area contributed by atoms with Gasteiger partial charge >= 0.3 is 0 Å². The number of carbonyl (C=O) groups is 2. The zero-order valence-corrected chi connectivity index (χ0v) is 16.1. The van der Waals surface area contributed by atoms with Crippen LogP contribution in [-0.4, -0.2) is 30.9 Å². The van der Waals surface area contributed by atoms with Crippen molar-refractivity contribution in [2.45, 2.75) is 45.3 Å². The lowest BCUT2D eigenvalue weighted by molar-refractivity contribution is -0.938. The van der Waals surface area contributed by atoms with Gasteiger partial charge in [0.2, 0.25) is 0 Å². The number of carbonyl (C=O) groups excluding carboxylic acids is 2. The van der Waals surface area contributed by atoms with E-state index in [4.69, 9.17) is 4.74 Å². The smallest absolute Gasteiger partial charge is 0.282 e. The molecular formula is C22H27N2O3+. The van der Waals surface area contributed by atoms with Gasteiger partial charge in [0.1, 0.15) is 12.3 Å². The number of Topliss-reactive ketones (excluding diaryl/α,β-unsaturated/α-hetero) is 1. The molecule has 142 valence electrons. The standard InChI is InChI=1S/C22H26N2O3/c1-15(22(26)23-19-6-4-5-18(13-19)16(2)25)24(20-9-10-20)14-17-7-11-21(27-3)12-8-17/h4-8,11-13,15,20H,9-10,14H2,1-3H3,(H,23,26)/p+1/t15-/m1/s1. The Morgan fingerprint density at radius 1 is 1.19 bits per heavy atom. The predicted molar refractivity (Wildman–Crippen MR) is 105 cm³/mol. The second-order valence-corrected chi connectivity index (χ2v) is 7.22. The summed E-state index contributed by atoms with van der Waals surface area (Å²) in [6, 6.07) is 15.5. The Bertz CT molecular complexity index is 813. The van der Waals surface area contributed by atoms with Crippen LogP contribution in [0.3, 0.4) is 0 Å². The Morgan fingerprint density at radius 2 is 1.89 bits per heavy atom. The first-order valence-corrected chi connectivity index (χ1v) is 9.38. The summed E-state index contributed by atoms with van der Waals surface area (Å²) in [5.41, 5.74) is 2.46. The van der Waals surface area contributed by atoms with Gasteiger partial charge in [-0.3, -0.25) is 9.59 Å². The summed E-state index contributed by atoms with van der Waals surface area (Å²) in [7, 11) is 1.66. The minimum absolute atomic E-state index is 0.0103. The Morgan fingerprint density at radius 3 is 2.48 bits per heavy atom. The Kier molecular flexibility index (Phi) is 5.91. The van der Waals surface area contributed by atoms with Crippen molar-refractivity contribution in [3.8, 4) is 5.75 Å². The van der Waals surface area contributed by atoms with E-state index in [0.29, 0.717) is 17.3 Å². The monoisotopic (exact) mass is 367 g/mol. The number of amides is 1. The molecule has 3 rings (SSSR count). The Hall–Kier alpha value is -2.66. The molecule has 0 aromatic heterocycles. The quantitative estimate of drug-likeness (QED) is 0.705. The minimum atomic E-state index is -0.180. The summed E-state index contributed by atoms with van der Waals surface area (Å²) in [6.07, 6.45) is 2.31. The van der Waals surface area contributed by atoms with Crippen LogP contribution in [0.1, 0.15) is 42.6 Å². The Labute approximate surface area is 160 Å². The van der Waals surface area contributed by atoms with Crippen molar-refractivity contribution in [2.24, 2.45) is 0 Å². The van der Waals surface area contributed by atoms with Gasteiger partial charge in [-0.25, -0.2) is 0 Å². The molecule has 0 aliphatic heterocycles. The lowest BCUT2D eigenvalue weighted by atomic mass is 10.1. The molecule has 0 saturated heterocycles. The normalized spacial score (nSPS) is 15.7. The molecule has 2 N–H and O–H groups in total. The molecule has 1 fully saturated rings. The minimum Gasteiger partial charge on any atom is -0.497 e. The topological polar surface area (TPSA) is 59.8 Å². The maximum absolute atomic E-state index is 12.8. The van der Waals surface area contributed by atoms with Gasteiger partial charge in [-0.05, 0) is 50.2 Å². The van der Waals surface area contributed by atoms with Gasteiger partial charge in [0, 0.05) is 29.7 Å². The lowest BCUT2D eigenvalue weighted by Gasteiger charge is -2.25. The molecule has 1 saturated carbocycles. The van der Waals surface area contributed by atoms with Crippen LogP contribution < -0.4 is 15.0 Å². The first-order valence-electron chi connectivity index (χ1n) is 9.38. The van der Waals surface area contributed by atoms with Crippen molar-refractivity contribution in [1.82, 2.24) is 0 Å². The summed E-state index contributed by atoms with van der Waals surface area (Å²) in [4.78, 5) is 25.6. The molecule has 5 heteroatoms. The fraction of sp³-hybridized carbons (Fsp3) is 0.364. The number of benzene rings is 2. The molecule has 0 bridgehead atoms. The maximum Gasteiger partial charge on any atom is 0.282 e. The third kappa shape index (κ3) is 4.95. The number of anilines is 1. The molecule has 1 amide bonds. The van der Waals surface area contributed by atoms with Gasteiger partial charge in [-0.2, -0.15) is 0 Å². The van der Waals surface area contributed by atoms with E-state index in [0.717, 1.165) is 25.1 Å². The maximum atomic E-state index is 12.8. The summed E-state index contributed by atoms with van der Waals surface area (Å²) in [5, 5.41) is 2.97. The fourth-order valence-electron chi connectivity index (χ4n) is 3.32. The van der Waals surface area contributed by atoms with E-state index >= 15 is 0 Å². The van der Waals surface area contributed by atoms with Crippen LogP contribution >= 0.6 is 0 Å². The Balaban J connectivity index is 1.68. The van der Waals surface area contributed by atoms with E-state index < -0.39 is 0 Å². The molecule has 2 aromatic carbocycles. The van der Waals surface area contributed by atoms with Crippen LogP contribution in [0.2, 0.25) is 0 Å². The molecule has 1 unspecified atom stereocenters. The van der Waals surface area contributed by atoms with E-state index in [-0.39, 0.29) is 17.7 Å². The van der Waals surface area contributed by atoms with Gasteiger partial charge < -0.3 is 15.0 Å². The average Bonchev–Trinajstić information content (AvgIpc) is 3.51. The van der Waals surface area contributed by atoms with Crippen LogP contribution in [0, 0.1) is 0 Å². The highest BCUT2D eigenvalue weighted by atomic mass is 16.5. The molecule has 0 heterocycles. The highest BCUT2D eigenvalue weighted by Crippen LogP contribution is 2.18. The second kappa shape index (κ2) is 8.35. The van der Waals surface area contributed by atoms with E-state index in [9.17, 15) is 9.59 Å². The lowest BCUT2D eigenvalue weighted by Crippen LogP contribution is -3.16. The van der Waals surface area contributed by atoms with Gasteiger partial charge in [-0.1, -0.05) is 12.1 Å². The predicted octanol–water partition coefficient (Wildman–Crippen LogP) is 2.47. The molecule has 0 spiro atoms. The molecule has 5 nitrogen and oxygen atoms in total. The molecule has 1 aliphatic rings. The van der Waals surface area contributed by atoms with Crippen molar-refractivity contribution in [3.63, 3.8) is 0 Å². The van der Waals surface area contributed by atoms with Crippen LogP contribution in [0.25, 0.3) is 0 Å². The van der Waals surface area contributed by atoms with Gasteiger partial charge in [0.05, 0.1) is 13.2 Å². The van der Waals surface area contributed by atoms with Crippen molar-refractivity contribution >= 4 is 17.4 Å². The largest absolute Gasteiger partial charge is 0.497 e.